The predicted molar refractivity (Wildman–Crippen MR) is 85.8 cm³/mol. The highest BCUT2D eigenvalue weighted by Crippen LogP contribution is 2.31. The van der Waals surface area contributed by atoms with E-state index in [1.165, 1.54) is 30.8 Å². The largest absolute Gasteiger partial charge is 0.381 e. The van der Waals surface area contributed by atoms with Crippen molar-refractivity contribution in [1.29, 1.82) is 0 Å². The van der Waals surface area contributed by atoms with Gasteiger partial charge in [0.15, 0.2) is 5.65 Å². The summed E-state index contributed by atoms with van der Waals surface area (Å²) in [7, 11) is 0. The van der Waals surface area contributed by atoms with Crippen LogP contribution in [-0.4, -0.2) is 38.8 Å². The molecule has 5 heteroatoms. The van der Waals surface area contributed by atoms with Crippen molar-refractivity contribution in [1.82, 2.24) is 14.5 Å². The van der Waals surface area contributed by atoms with E-state index in [1.807, 2.05) is 12.3 Å². The van der Waals surface area contributed by atoms with E-state index in [1.54, 1.807) is 0 Å². The molecule has 4 rings (SSSR count). The van der Waals surface area contributed by atoms with Crippen LogP contribution in [0.3, 0.4) is 0 Å². The first-order valence-electron chi connectivity index (χ1n) is 7.92. The van der Waals surface area contributed by atoms with Gasteiger partial charge in [-0.25, -0.2) is 9.97 Å². The van der Waals surface area contributed by atoms with E-state index in [9.17, 15) is 0 Å². The highest BCUT2D eigenvalue weighted by Gasteiger charge is 2.26. The Kier molecular flexibility index (Phi) is 3.86. The summed E-state index contributed by atoms with van der Waals surface area (Å²) in [6, 6.07) is 4.05. The Labute approximate surface area is 129 Å². The van der Waals surface area contributed by atoms with Crippen LogP contribution < -0.4 is 0 Å². The molecule has 2 atom stereocenters. The maximum Gasteiger partial charge on any atom is 0.160 e. The van der Waals surface area contributed by atoms with Crippen LogP contribution in [0.5, 0.6) is 0 Å². The lowest BCUT2D eigenvalue weighted by molar-refractivity contribution is 0.192. The second kappa shape index (κ2) is 5.97. The van der Waals surface area contributed by atoms with Crippen LogP contribution >= 0.6 is 11.8 Å². The van der Waals surface area contributed by atoms with Gasteiger partial charge in [0, 0.05) is 30.5 Å². The fraction of sp³-hybridized carbons (Fsp3) is 0.625. The molecular weight excluding hydrogens is 282 g/mol. The zero-order valence-corrected chi connectivity index (χ0v) is 13.0. The molecule has 0 aliphatic carbocycles. The van der Waals surface area contributed by atoms with E-state index in [0.29, 0.717) is 11.2 Å². The summed E-state index contributed by atoms with van der Waals surface area (Å²) < 4.78 is 7.95. The van der Waals surface area contributed by atoms with Gasteiger partial charge < -0.3 is 9.30 Å². The van der Waals surface area contributed by atoms with Gasteiger partial charge in [0.25, 0.3) is 0 Å². The second-order valence-corrected chi connectivity index (χ2v) is 7.38. The van der Waals surface area contributed by atoms with Gasteiger partial charge >= 0.3 is 0 Å². The molecular formula is C16H21N3OS. The average molecular weight is 303 g/mol. The Hall–Kier alpha value is -1.07. The Morgan fingerprint density at radius 3 is 3.14 bits per heavy atom. The fourth-order valence-electron chi connectivity index (χ4n) is 3.36. The second-order valence-electron chi connectivity index (χ2n) is 5.98. The highest BCUT2D eigenvalue weighted by atomic mass is 32.2. The predicted octanol–water partition coefficient (Wildman–Crippen LogP) is 3.22. The van der Waals surface area contributed by atoms with Gasteiger partial charge in [-0.3, -0.25) is 0 Å². The first kappa shape index (κ1) is 13.6. The van der Waals surface area contributed by atoms with Crippen LogP contribution in [0.1, 0.15) is 37.4 Å². The SMILES string of the molecule is c1cnc2c(c1)nc(C1CCOC1)n2CC1CCCCS1. The number of fused-ring (bicyclic) bond motifs is 1. The zero-order valence-electron chi connectivity index (χ0n) is 12.2. The van der Waals surface area contributed by atoms with Crippen LogP contribution in [0.4, 0.5) is 0 Å². The van der Waals surface area contributed by atoms with Crippen LogP contribution in [-0.2, 0) is 11.3 Å². The Morgan fingerprint density at radius 2 is 2.33 bits per heavy atom. The monoisotopic (exact) mass is 303 g/mol. The van der Waals surface area contributed by atoms with Crippen LogP contribution in [0, 0.1) is 0 Å². The lowest BCUT2D eigenvalue weighted by Crippen LogP contribution is -2.20. The Morgan fingerprint density at radius 1 is 1.33 bits per heavy atom. The summed E-state index contributed by atoms with van der Waals surface area (Å²) in [5, 5.41) is 0.708. The number of ether oxygens (including phenoxy) is 1. The van der Waals surface area contributed by atoms with Crippen molar-refractivity contribution in [3.63, 3.8) is 0 Å². The molecule has 2 unspecified atom stereocenters. The molecule has 0 aromatic carbocycles. The Balaban J connectivity index is 1.70. The number of imidazole rings is 1. The minimum Gasteiger partial charge on any atom is -0.381 e. The topological polar surface area (TPSA) is 39.9 Å². The molecule has 0 saturated carbocycles. The fourth-order valence-corrected chi connectivity index (χ4v) is 4.65. The van der Waals surface area contributed by atoms with E-state index in [-0.39, 0.29) is 0 Å². The lowest BCUT2D eigenvalue weighted by Gasteiger charge is -2.23. The molecule has 0 N–H and O–H groups in total. The molecule has 2 aromatic heterocycles. The van der Waals surface area contributed by atoms with E-state index < -0.39 is 0 Å². The van der Waals surface area contributed by atoms with Crippen molar-refractivity contribution in [2.45, 2.75) is 43.4 Å². The average Bonchev–Trinajstić information content (AvgIpc) is 3.16. The number of rotatable bonds is 3. The zero-order chi connectivity index (χ0) is 14.1. The number of hydrogen-bond donors (Lipinski definition) is 0. The van der Waals surface area contributed by atoms with Gasteiger partial charge in [0.1, 0.15) is 11.3 Å². The summed E-state index contributed by atoms with van der Waals surface area (Å²) in [4.78, 5) is 9.46. The highest BCUT2D eigenvalue weighted by molar-refractivity contribution is 7.99. The number of aromatic nitrogens is 3. The third-order valence-electron chi connectivity index (χ3n) is 4.49. The minimum atomic E-state index is 0.438. The van der Waals surface area contributed by atoms with E-state index >= 15 is 0 Å². The third kappa shape index (κ3) is 2.69. The number of nitrogens with zero attached hydrogens (tertiary/aromatic N) is 3. The molecule has 4 nitrogen and oxygen atoms in total. The molecule has 0 radical (unpaired) electrons. The molecule has 2 saturated heterocycles. The smallest absolute Gasteiger partial charge is 0.160 e. The number of pyridine rings is 1. The molecule has 0 amide bonds. The van der Waals surface area contributed by atoms with Crippen molar-refractivity contribution in [2.24, 2.45) is 0 Å². The van der Waals surface area contributed by atoms with Gasteiger partial charge in [-0.15, -0.1) is 0 Å². The third-order valence-corrected chi connectivity index (χ3v) is 5.87. The van der Waals surface area contributed by atoms with Crippen LogP contribution in [0.15, 0.2) is 18.3 Å². The first-order valence-corrected chi connectivity index (χ1v) is 8.97. The van der Waals surface area contributed by atoms with Crippen molar-refractivity contribution in [3.05, 3.63) is 24.2 Å². The van der Waals surface area contributed by atoms with Crippen LogP contribution in [0.25, 0.3) is 11.2 Å². The summed E-state index contributed by atoms with van der Waals surface area (Å²) in [6.07, 6.45) is 7.01. The molecule has 2 aromatic rings. The van der Waals surface area contributed by atoms with Gasteiger partial charge in [0.05, 0.1) is 6.61 Å². The summed E-state index contributed by atoms with van der Waals surface area (Å²) in [5.41, 5.74) is 2.07. The normalized spacial score (nSPS) is 26.5. The molecule has 2 aliphatic rings. The quantitative estimate of drug-likeness (QED) is 0.873. The molecule has 21 heavy (non-hydrogen) atoms. The van der Waals surface area contributed by atoms with Gasteiger partial charge in [-0.2, -0.15) is 11.8 Å². The maximum atomic E-state index is 5.57. The summed E-state index contributed by atoms with van der Waals surface area (Å²) >= 11 is 2.11. The summed E-state index contributed by atoms with van der Waals surface area (Å²) in [6.45, 7) is 2.71. The van der Waals surface area contributed by atoms with Crippen molar-refractivity contribution < 1.29 is 4.74 Å². The standard InChI is InChI=1S/C16H21N3OS/c1-2-9-21-13(4-1)10-19-15(12-6-8-20-11-12)18-14-5-3-7-17-16(14)19/h3,5,7,12-13H,1-2,4,6,8-11H2. The molecule has 2 fully saturated rings. The minimum absolute atomic E-state index is 0.438. The lowest BCUT2D eigenvalue weighted by atomic mass is 10.1. The van der Waals surface area contributed by atoms with Gasteiger partial charge in [0.2, 0.25) is 0 Å². The molecule has 0 bridgehead atoms. The van der Waals surface area contributed by atoms with Crippen molar-refractivity contribution in [2.75, 3.05) is 19.0 Å². The van der Waals surface area contributed by atoms with Crippen LogP contribution in [0.2, 0.25) is 0 Å². The van der Waals surface area contributed by atoms with Crippen molar-refractivity contribution >= 4 is 22.9 Å². The maximum absolute atomic E-state index is 5.57. The molecule has 2 aliphatic heterocycles. The molecule has 112 valence electrons. The first-order chi connectivity index (χ1) is 10.4. The van der Waals surface area contributed by atoms with Gasteiger partial charge in [-0.05, 0) is 37.1 Å². The van der Waals surface area contributed by atoms with Crippen molar-refractivity contribution in [3.8, 4) is 0 Å². The Bertz CT molecular complexity index is 615. The number of hydrogen-bond acceptors (Lipinski definition) is 4. The van der Waals surface area contributed by atoms with E-state index in [4.69, 9.17) is 9.72 Å². The number of thioether (sulfide) groups is 1. The van der Waals surface area contributed by atoms with E-state index in [2.05, 4.69) is 27.4 Å². The van der Waals surface area contributed by atoms with Gasteiger partial charge in [-0.1, -0.05) is 6.42 Å². The molecule has 4 heterocycles. The van der Waals surface area contributed by atoms with E-state index in [0.717, 1.165) is 37.3 Å². The molecule has 0 spiro atoms. The summed E-state index contributed by atoms with van der Waals surface area (Å²) in [5.74, 6) is 2.92.